The number of hydrogen-bond acceptors (Lipinski definition) is 5. The molecule has 0 saturated carbocycles. The fourth-order valence-electron chi connectivity index (χ4n) is 14.9. The molecule has 0 saturated heterocycles. The quantitative estimate of drug-likeness (QED) is 0.128. The number of nitrogens with zero attached hydrogens (tertiary/aromatic N) is 2. The van der Waals surface area contributed by atoms with Crippen LogP contribution in [0.5, 0.6) is 0 Å². The van der Waals surface area contributed by atoms with Crippen LogP contribution in [0.4, 0.5) is 34.1 Å². The maximum atomic E-state index is 7.04. The smallest absolute Gasteiger partial charge is 0.143 e. The number of para-hydroxylation sites is 3. The molecular weight excluding hydrogens is 1140 g/mol. The number of rotatable bonds is 10. The lowest BCUT2D eigenvalue weighted by molar-refractivity contribution is 0.669. The number of anilines is 6. The zero-order valence-corrected chi connectivity index (χ0v) is 50.6. The Labute approximate surface area is 535 Å². The van der Waals surface area contributed by atoms with Gasteiger partial charge in [-0.1, -0.05) is 218 Å². The van der Waals surface area contributed by atoms with Crippen LogP contribution in [0.1, 0.15) is 22.6 Å². The van der Waals surface area contributed by atoms with E-state index in [1.165, 1.54) is 69.7 Å². The average molecular weight is 1190 g/mol. The van der Waals surface area contributed by atoms with E-state index in [4.69, 9.17) is 8.83 Å². The molecule has 19 rings (SSSR count). The molecule has 92 heavy (non-hydrogen) atoms. The number of furan rings is 2. The zero-order valence-electron chi connectivity index (χ0n) is 49.8. The minimum atomic E-state index is 0.164. The van der Waals surface area contributed by atoms with E-state index in [-0.39, 0.29) is 5.92 Å². The summed E-state index contributed by atoms with van der Waals surface area (Å²) in [4.78, 5) is 4.89. The van der Waals surface area contributed by atoms with E-state index in [1.807, 2.05) is 17.4 Å². The molecule has 1 aliphatic rings. The maximum Gasteiger partial charge on any atom is 0.143 e. The lowest BCUT2D eigenvalue weighted by Gasteiger charge is -2.31. The second-order valence-corrected chi connectivity index (χ2v) is 25.4. The van der Waals surface area contributed by atoms with Gasteiger partial charge in [-0.3, -0.25) is 0 Å². The van der Waals surface area contributed by atoms with Gasteiger partial charge in [0.2, 0.25) is 0 Å². The maximum absolute atomic E-state index is 7.04. The first-order valence-corrected chi connectivity index (χ1v) is 32.3. The summed E-state index contributed by atoms with van der Waals surface area (Å²) < 4.78 is 16.1. The van der Waals surface area contributed by atoms with E-state index in [1.54, 1.807) is 0 Å². The molecule has 0 fully saturated rings. The van der Waals surface area contributed by atoms with Crippen molar-refractivity contribution in [1.82, 2.24) is 0 Å². The Hall–Kier alpha value is -11.8. The van der Waals surface area contributed by atoms with E-state index >= 15 is 0 Å². The van der Waals surface area contributed by atoms with E-state index in [0.29, 0.717) is 0 Å². The van der Waals surface area contributed by atoms with Gasteiger partial charge < -0.3 is 18.6 Å². The van der Waals surface area contributed by atoms with Crippen LogP contribution >= 0.6 is 11.3 Å². The molecule has 15 aromatic carbocycles. The van der Waals surface area contributed by atoms with Gasteiger partial charge in [-0.05, 0) is 175 Å². The van der Waals surface area contributed by atoms with Crippen molar-refractivity contribution in [2.24, 2.45) is 0 Å². The van der Waals surface area contributed by atoms with Gasteiger partial charge >= 0.3 is 0 Å². The predicted molar refractivity (Wildman–Crippen MR) is 387 cm³/mol. The fraction of sp³-hybridized carbons (Fsp3) is 0.0115. The first-order valence-electron chi connectivity index (χ1n) is 31.5. The monoisotopic (exact) mass is 1190 g/mol. The van der Waals surface area contributed by atoms with Gasteiger partial charge in [-0.25, -0.2) is 0 Å². The van der Waals surface area contributed by atoms with E-state index < -0.39 is 0 Å². The third-order valence-electron chi connectivity index (χ3n) is 19.1. The lowest BCUT2D eigenvalue weighted by atomic mass is 9.88. The van der Waals surface area contributed by atoms with Crippen LogP contribution in [0.2, 0.25) is 0 Å². The third kappa shape index (κ3) is 8.44. The molecule has 430 valence electrons. The molecule has 18 aromatic rings. The van der Waals surface area contributed by atoms with Crippen LogP contribution in [-0.4, -0.2) is 0 Å². The second-order valence-electron chi connectivity index (χ2n) is 24.3. The van der Waals surface area contributed by atoms with Crippen molar-refractivity contribution in [1.29, 1.82) is 0 Å². The fourth-order valence-corrected chi connectivity index (χ4v) is 16.0. The highest BCUT2D eigenvalue weighted by atomic mass is 32.1. The van der Waals surface area contributed by atoms with E-state index in [9.17, 15) is 0 Å². The molecule has 1 unspecified atom stereocenters. The van der Waals surface area contributed by atoms with Gasteiger partial charge in [0.05, 0.1) is 5.69 Å². The van der Waals surface area contributed by atoms with Gasteiger partial charge in [0.15, 0.2) is 0 Å². The highest BCUT2D eigenvalue weighted by Crippen LogP contribution is 2.52. The molecule has 0 amide bonds. The van der Waals surface area contributed by atoms with Crippen molar-refractivity contribution in [2.45, 2.75) is 5.92 Å². The number of benzene rings is 15. The largest absolute Gasteiger partial charge is 0.456 e. The highest BCUT2D eigenvalue weighted by molar-refractivity contribution is 7.25. The Morgan fingerprint density at radius 2 is 0.848 bits per heavy atom. The Kier molecular flexibility index (Phi) is 11.9. The average Bonchev–Trinajstić information content (AvgIpc) is 1.27. The first-order chi connectivity index (χ1) is 45.6. The van der Waals surface area contributed by atoms with Gasteiger partial charge in [0.1, 0.15) is 22.3 Å². The molecule has 0 spiro atoms. The predicted octanol–water partition coefficient (Wildman–Crippen LogP) is 25.3. The normalized spacial score (nSPS) is 12.9. The minimum Gasteiger partial charge on any atom is -0.456 e. The third-order valence-corrected chi connectivity index (χ3v) is 20.2. The van der Waals surface area contributed by atoms with Crippen LogP contribution in [0.15, 0.2) is 330 Å². The summed E-state index contributed by atoms with van der Waals surface area (Å²) in [6, 6.07) is 118. The zero-order chi connectivity index (χ0) is 60.4. The molecule has 0 N–H and O–H groups in total. The summed E-state index contributed by atoms with van der Waals surface area (Å²) in [5.74, 6) is 0.164. The Morgan fingerprint density at radius 1 is 0.261 bits per heavy atom. The molecular formula is C87H54N2O2S. The van der Waals surface area contributed by atoms with E-state index in [0.717, 1.165) is 111 Å². The molecule has 1 atom stereocenters. The topological polar surface area (TPSA) is 32.8 Å². The molecule has 4 nitrogen and oxygen atoms in total. The van der Waals surface area contributed by atoms with Crippen LogP contribution in [0.25, 0.3) is 130 Å². The SMILES string of the molecule is c1ccc(C2c3ccccc3-c3ccc(-c4ccc5oc6c(-c7cccc(N(c8cc(-c9ccc%10c(c9)sc9ccccc9%10)cc(N(c9ccccc9)c9cc%10ccccc%10c%10ccccc9%10)c8)c8ccc9oc%10ccccc%10c9c8)c7)cccc6c5c4)cc32)cc1. The summed E-state index contributed by atoms with van der Waals surface area (Å²) in [6.07, 6.45) is 0. The molecule has 3 heterocycles. The Balaban J connectivity index is 0.803. The summed E-state index contributed by atoms with van der Waals surface area (Å²) in [7, 11) is 0. The molecule has 0 aliphatic heterocycles. The highest BCUT2D eigenvalue weighted by Gasteiger charge is 2.31. The van der Waals surface area contributed by atoms with Crippen molar-refractivity contribution in [3.8, 4) is 44.5 Å². The number of thiophene rings is 1. The van der Waals surface area contributed by atoms with Crippen molar-refractivity contribution >= 4 is 131 Å². The van der Waals surface area contributed by atoms with Gasteiger partial charge in [0.25, 0.3) is 0 Å². The Morgan fingerprint density at radius 3 is 1.74 bits per heavy atom. The van der Waals surface area contributed by atoms with Crippen molar-refractivity contribution in [2.75, 3.05) is 9.80 Å². The van der Waals surface area contributed by atoms with Crippen LogP contribution < -0.4 is 9.80 Å². The van der Waals surface area contributed by atoms with E-state index in [2.05, 4.69) is 325 Å². The standard InChI is InChI=1S/C87H54N2O2S/c1-3-19-54(20-4-1)86-75-32-12-10-28-69(75)70-41-37-55(49-79(70)86)56-39-43-83-77(48-56)76-34-18-33-67(87(76)91-83)58-22-17-25-62(45-58)88(63-40-44-82-78(53-63)72-30-13-15-35-81(72)90-82)64-46-60(57-38-42-74-73-31-14-16-36-84(73)92-85(74)51-57)47-65(52-64)89(61-23-5-2-6-24-61)80-50-59-21-7-8-26-66(59)68-27-9-11-29-71(68)80/h1-53,86H. The van der Waals surface area contributed by atoms with Crippen molar-refractivity contribution in [3.63, 3.8) is 0 Å². The summed E-state index contributed by atoms with van der Waals surface area (Å²) in [5, 5.41) is 11.6. The molecule has 5 heteroatoms. The molecule has 1 aliphatic carbocycles. The lowest BCUT2D eigenvalue weighted by Crippen LogP contribution is -2.14. The van der Waals surface area contributed by atoms with Crippen LogP contribution in [0, 0.1) is 0 Å². The van der Waals surface area contributed by atoms with Gasteiger partial charge in [0, 0.05) is 87.0 Å². The first kappa shape index (κ1) is 52.2. The molecule has 0 radical (unpaired) electrons. The summed E-state index contributed by atoms with van der Waals surface area (Å²) >= 11 is 1.85. The number of hydrogen-bond donors (Lipinski definition) is 0. The summed E-state index contributed by atoms with van der Waals surface area (Å²) in [6.45, 7) is 0. The van der Waals surface area contributed by atoms with Crippen LogP contribution in [-0.2, 0) is 0 Å². The molecule has 0 bridgehead atoms. The molecule has 3 aromatic heterocycles. The second kappa shape index (κ2) is 20.9. The number of fused-ring (bicyclic) bond motifs is 15. The van der Waals surface area contributed by atoms with Crippen LogP contribution in [0.3, 0.4) is 0 Å². The summed E-state index contributed by atoms with van der Waals surface area (Å²) in [5.41, 5.74) is 22.8. The van der Waals surface area contributed by atoms with Gasteiger partial charge in [-0.15, -0.1) is 11.3 Å². The van der Waals surface area contributed by atoms with Gasteiger partial charge in [-0.2, -0.15) is 0 Å². The minimum absolute atomic E-state index is 0.164. The van der Waals surface area contributed by atoms with Crippen molar-refractivity contribution in [3.05, 3.63) is 338 Å². The van der Waals surface area contributed by atoms with Crippen molar-refractivity contribution < 1.29 is 8.83 Å². The Bertz CT molecular complexity index is 6000.